The van der Waals surface area contributed by atoms with Gasteiger partial charge in [0.1, 0.15) is 5.01 Å². The first-order valence-electron chi connectivity index (χ1n) is 8.34. The standard InChI is InChI=1S/C19H16N4O3S/c1-3-26-14-10-9-13(11-15(14)25-2)17-22-23-18(24)16(20-21-19(23)27-17)12-7-5-4-6-8-12/h4-11H,3H2,1-2H3. The molecule has 0 aliphatic rings. The highest BCUT2D eigenvalue weighted by atomic mass is 32.1. The zero-order chi connectivity index (χ0) is 18.8. The fourth-order valence-electron chi connectivity index (χ4n) is 2.68. The van der Waals surface area contributed by atoms with Crippen LogP contribution in [-0.4, -0.2) is 33.5 Å². The second-order valence-electron chi connectivity index (χ2n) is 5.62. The third-order valence-electron chi connectivity index (χ3n) is 3.95. The molecule has 0 fully saturated rings. The lowest BCUT2D eigenvalue weighted by Gasteiger charge is -2.09. The molecule has 27 heavy (non-hydrogen) atoms. The van der Waals surface area contributed by atoms with Crippen LogP contribution in [0.3, 0.4) is 0 Å². The maximum Gasteiger partial charge on any atom is 0.302 e. The van der Waals surface area contributed by atoms with Crippen molar-refractivity contribution in [3.05, 3.63) is 58.9 Å². The molecule has 136 valence electrons. The first kappa shape index (κ1) is 17.2. The summed E-state index contributed by atoms with van der Waals surface area (Å²) in [5, 5.41) is 13.4. The number of hydrogen-bond acceptors (Lipinski definition) is 7. The van der Waals surface area contributed by atoms with Gasteiger partial charge in [0.2, 0.25) is 4.96 Å². The molecule has 0 amide bonds. The van der Waals surface area contributed by atoms with Gasteiger partial charge in [-0.25, -0.2) is 0 Å². The van der Waals surface area contributed by atoms with Gasteiger partial charge in [-0.15, -0.1) is 10.2 Å². The van der Waals surface area contributed by atoms with Crippen LogP contribution in [0.5, 0.6) is 11.5 Å². The van der Waals surface area contributed by atoms with Gasteiger partial charge in [-0.1, -0.05) is 41.7 Å². The van der Waals surface area contributed by atoms with Crippen LogP contribution in [0.1, 0.15) is 6.92 Å². The van der Waals surface area contributed by atoms with Crippen LogP contribution in [0, 0.1) is 0 Å². The van der Waals surface area contributed by atoms with Gasteiger partial charge >= 0.3 is 5.56 Å². The predicted octanol–water partition coefficient (Wildman–Crippen LogP) is 3.29. The molecule has 0 atom stereocenters. The summed E-state index contributed by atoms with van der Waals surface area (Å²) in [7, 11) is 1.59. The van der Waals surface area contributed by atoms with Crippen molar-refractivity contribution in [1.82, 2.24) is 19.8 Å². The van der Waals surface area contributed by atoms with Crippen LogP contribution < -0.4 is 15.0 Å². The van der Waals surface area contributed by atoms with Crippen molar-refractivity contribution >= 4 is 16.3 Å². The molecule has 0 bridgehead atoms. The molecule has 0 spiro atoms. The fourth-order valence-corrected chi connectivity index (χ4v) is 3.52. The van der Waals surface area contributed by atoms with E-state index in [0.717, 1.165) is 5.56 Å². The Kier molecular flexibility index (Phi) is 4.55. The van der Waals surface area contributed by atoms with E-state index in [0.29, 0.717) is 33.6 Å². The van der Waals surface area contributed by atoms with Crippen molar-refractivity contribution in [2.24, 2.45) is 0 Å². The summed E-state index contributed by atoms with van der Waals surface area (Å²) in [6, 6.07) is 14.8. The smallest absolute Gasteiger partial charge is 0.302 e. The molecule has 2 aromatic carbocycles. The van der Waals surface area contributed by atoms with Crippen molar-refractivity contribution < 1.29 is 9.47 Å². The van der Waals surface area contributed by atoms with Gasteiger partial charge in [0, 0.05) is 11.1 Å². The van der Waals surface area contributed by atoms with E-state index in [9.17, 15) is 4.79 Å². The normalized spacial score (nSPS) is 10.9. The SMILES string of the molecule is CCOc1ccc(-c2nn3c(=O)c(-c4ccccc4)nnc3s2)cc1OC. The summed E-state index contributed by atoms with van der Waals surface area (Å²) in [6.45, 7) is 2.46. The molecule has 4 rings (SSSR count). The van der Waals surface area contributed by atoms with E-state index in [1.807, 2.05) is 55.5 Å². The van der Waals surface area contributed by atoms with Crippen LogP contribution in [0.25, 0.3) is 26.8 Å². The Hall–Kier alpha value is -3.26. The maximum absolute atomic E-state index is 12.8. The Labute approximate surface area is 158 Å². The van der Waals surface area contributed by atoms with E-state index in [4.69, 9.17) is 9.47 Å². The Bertz CT molecular complexity index is 1150. The monoisotopic (exact) mass is 380 g/mol. The minimum absolute atomic E-state index is 0.272. The topological polar surface area (TPSA) is 78.6 Å². The number of methoxy groups -OCH3 is 1. The van der Waals surface area contributed by atoms with Crippen molar-refractivity contribution in [3.63, 3.8) is 0 Å². The first-order valence-corrected chi connectivity index (χ1v) is 9.16. The zero-order valence-corrected chi connectivity index (χ0v) is 15.6. The fraction of sp³-hybridized carbons (Fsp3) is 0.158. The van der Waals surface area contributed by atoms with E-state index >= 15 is 0 Å². The quantitative estimate of drug-likeness (QED) is 0.529. The van der Waals surface area contributed by atoms with Crippen molar-refractivity contribution in [1.29, 1.82) is 0 Å². The minimum atomic E-state index is -0.299. The molecule has 0 radical (unpaired) electrons. The zero-order valence-electron chi connectivity index (χ0n) is 14.7. The lowest BCUT2D eigenvalue weighted by molar-refractivity contribution is 0.311. The van der Waals surface area contributed by atoms with Crippen molar-refractivity contribution in [2.45, 2.75) is 6.92 Å². The highest BCUT2D eigenvalue weighted by molar-refractivity contribution is 7.19. The number of hydrogen-bond donors (Lipinski definition) is 0. The Morgan fingerprint density at radius 1 is 1.04 bits per heavy atom. The van der Waals surface area contributed by atoms with Gasteiger partial charge < -0.3 is 9.47 Å². The van der Waals surface area contributed by atoms with E-state index in [1.165, 1.54) is 15.9 Å². The molecule has 0 aliphatic carbocycles. The number of benzene rings is 2. The highest BCUT2D eigenvalue weighted by Crippen LogP contribution is 2.33. The van der Waals surface area contributed by atoms with Gasteiger partial charge in [0.25, 0.3) is 0 Å². The number of rotatable bonds is 5. The van der Waals surface area contributed by atoms with Gasteiger partial charge in [0.15, 0.2) is 17.2 Å². The van der Waals surface area contributed by atoms with Crippen LogP contribution >= 0.6 is 11.3 Å². The van der Waals surface area contributed by atoms with Crippen LogP contribution in [-0.2, 0) is 0 Å². The van der Waals surface area contributed by atoms with E-state index < -0.39 is 0 Å². The molecule has 0 saturated carbocycles. The summed E-state index contributed by atoms with van der Waals surface area (Å²) >= 11 is 1.29. The summed E-state index contributed by atoms with van der Waals surface area (Å²) in [5.41, 5.74) is 1.49. The van der Waals surface area contributed by atoms with E-state index in [1.54, 1.807) is 7.11 Å². The number of nitrogens with zero attached hydrogens (tertiary/aromatic N) is 4. The lowest BCUT2D eigenvalue weighted by atomic mass is 10.2. The van der Waals surface area contributed by atoms with Gasteiger partial charge in [0.05, 0.1) is 13.7 Å². The van der Waals surface area contributed by atoms with Gasteiger partial charge in [-0.3, -0.25) is 4.79 Å². The van der Waals surface area contributed by atoms with Crippen molar-refractivity contribution in [2.75, 3.05) is 13.7 Å². The maximum atomic E-state index is 12.8. The molecule has 7 nitrogen and oxygen atoms in total. The summed E-state index contributed by atoms with van der Waals surface area (Å²) in [6.07, 6.45) is 0. The molecule has 8 heteroatoms. The minimum Gasteiger partial charge on any atom is -0.493 e. The molecular weight excluding hydrogens is 364 g/mol. The molecule has 2 aromatic heterocycles. The third kappa shape index (κ3) is 3.15. The highest BCUT2D eigenvalue weighted by Gasteiger charge is 2.15. The Balaban J connectivity index is 1.81. The van der Waals surface area contributed by atoms with Crippen LogP contribution in [0.4, 0.5) is 0 Å². The molecule has 0 aliphatic heterocycles. The molecule has 0 unspecified atom stereocenters. The molecule has 2 heterocycles. The number of aromatic nitrogens is 4. The average molecular weight is 380 g/mol. The first-order chi connectivity index (χ1) is 13.2. The van der Waals surface area contributed by atoms with Crippen LogP contribution in [0.15, 0.2) is 53.3 Å². The molecule has 0 N–H and O–H groups in total. The second kappa shape index (κ2) is 7.16. The van der Waals surface area contributed by atoms with Crippen LogP contribution in [0.2, 0.25) is 0 Å². The van der Waals surface area contributed by atoms with Gasteiger partial charge in [-0.05, 0) is 25.1 Å². The van der Waals surface area contributed by atoms with E-state index in [2.05, 4.69) is 15.3 Å². The Morgan fingerprint density at radius 2 is 1.85 bits per heavy atom. The van der Waals surface area contributed by atoms with E-state index in [-0.39, 0.29) is 11.3 Å². The molecule has 0 saturated heterocycles. The van der Waals surface area contributed by atoms with Gasteiger partial charge in [-0.2, -0.15) is 9.61 Å². The molecular formula is C19H16N4O3S. The lowest BCUT2D eigenvalue weighted by Crippen LogP contribution is -2.19. The van der Waals surface area contributed by atoms with Crippen molar-refractivity contribution in [3.8, 4) is 33.3 Å². The average Bonchev–Trinajstić information content (AvgIpc) is 3.15. The number of ether oxygens (including phenoxy) is 2. The summed E-state index contributed by atoms with van der Waals surface area (Å²) in [5.74, 6) is 1.27. The number of fused-ring (bicyclic) bond motifs is 1. The third-order valence-corrected chi connectivity index (χ3v) is 4.90. The predicted molar refractivity (Wildman–Crippen MR) is 104 cm³/mol. The second-order valence-corrected chi connectivity index (χ2v) is 6.58. The Morgan fingerprint density at radius 3 is 2.59 bits per heavy atom. The largest absolute Gasteiger partial charge is 0.493 e. The summed E-state index contributed by atoms with van der Waals surface area (Å²) < 4.78 is 12.2. The summed E-state index contributed by atoms with van der Waals surface area (Å²) in [4.78, 5) is 13.2. The molecule has 4 aromatic rings.